The highest BCUT2D eigenvalue weighted by molar-refractivity contribution is 6.30. The number of carbonyl (C=O) groups excluding carboxylic acids is 1. The van der Waals surface area contributed by atoms with Gasteiger partial charge in [-0.05, 0) is 56.3 Å². The number of esters is 1. The topological polar surface area (TPSA) is 60.6 Å². The third kappa shape index (κ3) is 4.36. The first-order valence-electron chi connectivity index (χ1n) is 12.0. The van der Waals surface area contributed by atoms with Crippen LogP contribution in [-0.4, -0.2) is 67.1 Å². The lowest BCUT2D eigenvalue weighted by molar-refractivity contribution is -0.152. The molecule has 0 radical (unpaired) electrons. The van der Waals surface area contributed by atoms with Crippen LogP contribution in [0.15, 0.2) is 48.5 Å². The van der Waals surface area contributed by atoms with Gasteiger partial charge >= 0.3 is 5.97 Å². The molecule has 0 bridgehead atoms. The number of rotatable bonds is 6. The van der Waals surface area contributed by atoms with Crippen LogP contribution in [0, 0.1) is 0 Å². The zero-order chi connectivity index (χ0) is 23.8. The molecule has 2 aliphatic heterocycles. The summed E-state index contributed by atoms with van der Waals surface area (Å²) in [6, 6.07) is 16.6. The Hall–Kier alpha value is -2.38. The lowest BCUT2D eigenvalue weighted by Gasteiger charge is -2.50. The van der Waals surface area contributed by atoms with Gasteiger partial charge in [0.25, 0.3) is 0 Å². The van der Waals surface area contributed by atoms with Crippen LogP contribution >= 0.6 is 11.6 Å². The van der Waals surface area contributed by atoms with Gasteiger partial charge in [0.05, 0.1) is 13.2 Å². The number of aromatic nitrogens is 1. The Morgan fingerprint density at radius 1 is 1.18 bits per heavy atom. The molecule has 2 aromatic carbocycles. The van der Waals surface area contributed by atoms with Gasteiger partial charge in [-0.1, -0.05) is 41.9 Å². The molecule has 7 heteroatoms. The van der Waals surface area contributed by atoms with E-state index in [-0.39, 0.29) is 24.1 Å². The molecule has 2 N–H and O–H groups in total. The number of para-hydroxylation sites is 1. The van der Waals surface area contributed by atoms with Crippen LogP contribution in [0.3, 0.4) is 0 Å². The Balaban J connectivity index is 1.60. The van der Waals surface area contributed by atoms with Gasteiger partial charge in [0.2, 0.25) is 0 Å². The van der Waals surface area contributed by atoms with E-state index in [9.17, 15) is 4.79 Å². The number of carbonyl (C=O) groups is 1. The van der Waals surface area contributed by atoms with E-state index >= 15 is 0 Å². The van der Waals surface area contributed by atoms with Gasteiger partial charge in [0.1, 0.15) is 6.04 Å². The van der Waals surface area contributed by atoms with Crippen LogP contribution in [0.4, 0.5) is 0 Å². The van der Waals surface area contributed by atoms with Crippen molar-refractivity contribution in [3.05, 3.63) is 70.4 Å². The predicted octanol–water partition coefficient (Wildman–Crippen LogP) is 4.32. The summed E-state index contributed by atoms with van der Waals surface area (Å²) in [7, 11) is 5.68. The summed E-state index contributed by atoms with van der Waals surface area (Å²) in [5.74, 6) is -0.174. The van der Waals surface area contributed by atoms with E-state index in [4.69, 9.17) is 16.3 Å². The van der Waals surface area contributed by atoms with E-state index in [1.807, 2.05) is 18.2 Å². The van der Waals surface area contributed by atoms with Gasteiger partial charge in [0.15, 0.2) is 0 Å². The maximum Gasteiger partial charge on any atom is 0.323 e. The predicted molar refractivity (Wildman–Crippen MR) is 136 cm³/mol. The standard InChI is InChI=1S/C27H33ClN4O2/c1-31(2)12-11-29-19-14-23(17-7-6-8-18(28)13-17)32-24(15-19)26-21(16-25(32)27(33)34-3)20-9-4-5-10-22(20)30-26/h4-10,13,19,23-25,29-30H,11-12,14-16H2,1-3H3. The maximum atomic E-state index is 13.1. The summed E-state index contributed by atoms with van der Waals surface area (Å²) in [5, 5.41) is 5.71. The molecule has 3 aromatic rings. The van der Waals surface area contributed by atoms with Crippen molar-refractivity contribution in [1.82, 2.24) is 20.1 Å². The fourth-order valence-corrected chi connectivity index (χ4v) is 6.04. The van der Waals surface area contributed by atoms with Crippen molar-refractivity contribution < 1.29 is 9.53 Å². The van der Waals surface area contributed by atoms with Gasteiger partial charge in [0, 0.05) is 53.2 Å². The number of fused-ring (bicyclic) bond motifs is 5. The van der Waals surface area contributed by atoms with Crippen molar-refractivity contribution in [1.29, 1.82) is 0 Å². The fraction of sp³-hybridized carbons (Fsp3) is 0.444. The number of piperidine rings is 1. The first-order valence-corrected chi connectivity index (χ1v) is 12.4. The minimum Gasteiger partial charge on any atom is -0.468 e. The minimum absolute atomic E-state index is 0.0537. The molecular weight excluding hydrogens is 448 g/mol. The van der Waals surface area contributed by atoms with Crippen molar-refractivity contribution in [2.75, 3.05) is 34.3 Å². The quantitative estimate of drug-likeness (QED) is 0.514. The molecule has 4 unspecified atom stereocenters. The van der Waals surface area contributed by atoms with E-state index in [1.54, 1.807) is 0 Å². The second-order valence-electron chi connectivity index (χ2n) is 9.77. The van der Waals surface area contributed by atoms with Crippen molar-refractivity contribution in [2.24, 2.45) is 0 Å². The number of halogens is 1. The maximum absolute atomic E-state index is 13.1. The normalized spacial score (nSPS) is 24.7. The average molecular weight is 481 g/mol. The Bertz CT molecular complexity index is 1180. The number of ether oxygens (including phenoxy) is 1. The molecule has 1 aromatic heterocycles. The molecule has 6 nitrogen and oxygen atoms in total. The number of nitrogens with zero attached hydrogens (tertiary/aromatic N) is 2. The highest BCUT2D eigenvalue weighted by Crippen LogP contribution is 2.49. The number of aromatic amines is 1. The lowest BCUT2D eigenvalue weighted by atomic mass is 9.79. The smallest absolute Gasteiger partial charge is 0.323 e. The van der Waals surface area contributed by atoms with E-state index in [2.05, 4.69) is 64.5 Å². The molecule has 1 saturated heterocycles. The van der Waals surface area contributed by atoms with Crippen LogP contribution in [0.1, 0.15) is 41.7 Å². The summed E-state index contributed by atoms with van der Waals surface area (Å²) >= 11 is 6.42. The summed E-state index contributed by atoms with van der Waals surface area (Å²) in [4.78, 5) is 21.4. The Kier molecular flexibility index (Phi) is 6.67. The van der Waals surface area contributed by atoms with E-state index < -0.39 is 0 Å². The second kappa shape index (κ2) is 9.70. The SMILES string of the molecule is COC(=O)C1Cc2c([nH]c3ccccc23)C2CC(NCCN(C)C)CC(c3cccc(Cl)c3)N12. The van der Waals surface area contributed by atoms with E-state index in [1.165, 1.54) is 23.8 Å². The molecule has 3 heterocycles. The minimum atomic E-state index is -0.339. The van der Waals surface area contributed by atoms with Crippen molar-refractivity contribution in [2.45, 2.75) is 43.4 Å². The van der Waals surface area contributed by atoms with E-state index in [0.29, 0.717) is 12.5 Å². The Morgan fingerprint density at radius 2 is 1.97 bits per heavy atom. The molecule has 5 rings (SSSR count). The number of benzene rings is 2. The van der Waals surface area contributed by atoms with Gasteiger partial charge < -0.3 is 19.9 Å². The van der Waals surface area contributed by atoms with Crippen LogP contribution in [0.25, 0.3) is 10.9 Å². The van der Waals surface area contributed by atoms with Crippen LogP contribution in [0.5, 0.6) is 0 Å². The summed E-state index contributed by atoms with van der Waals surface area (Å²) in [5.41, 5.74) is 4.74. The number of nitrogens with one attached hydrogen (secondary N) is 2. The van der Waals surface area contributed by atoms with Gasteiger partial charge in [-0.2, -0.15) is 0 Å². The zero-order valence-electron chi connectivity index (χ0n) is 20.1. The van der Waals surface area contributed by atoms with Crippen LogP contribution < -0.4 is 5.32 Å². The van der Waals surface area contributed by atoms with Crippen LogP contribution in [-0.2, 0) is 16.0 Å². The lowest BCUT2D eigenvalue weighted by Crippen LogP contribution is -2.56. The van der Waals surface area contributed by atoms with Gasteiger partial charge in [-0.3, -0.25) is 9.69 Å². The first-order chi connectivity index (χ1) is 16.5. The number of likely N-dealkylation sites (N-methyl/N-ethyl adjacent to an activating group) is 1. The van der Waals surface area contributed by atoms with Crippen LogP contribution in [0.2, 0.25) is 5.02 Å². The fourth-order valence-electron chi connectivity index (χ4n) is 5.84. The molecule has 34 heavy (non-hydrogen) atoms. The molecule has 4 atom stereocenters. The van der Waals surface area contributed by atoms with E-state index in [0.717, 1.165) is 42.0 Å². The number of methoxy groups -OCH3 is 1. The molecule has 180 valence electrons. The van der Waals surface area contributed by atoms with Crippen molar-refractivity contribution in [3.8, 4) is 0 Å². The van der Waals surface area contributed by atoms with Crippen molar-refractivity contribution >= 4 is 28.5 Å². The largest absolute Gasteiger partial charge is 0.468 e. The summed E-state index contributed by atoms with van der Waals surface area (Å²) < 4.78 is 5.33. The molecule has 1 fully saturated rings. The summed E-state index contributed by atoms with van der Waals surface area (Å²) in [6.45, 7) is 1.90. The van der Waals surface area contributed by atoms with Crippen molar-refractivity contribution in [3.63, 3.8) is 0 Å². The number of H-pyrrole nitrogens is 1. The number of hydrogen-bond acceptors (Lipinski definition) is 5. The number of hydrogen-bond donors (Lipinski definition) is 2. The molecule has 2 aliphatic rings. The Morgan fingerprint density at radius 3 is 2.74 bits per heavy atom. The monoisotopic (exact) mass is 480 g/mol. The Labute approximate surface area is 206 Å². The average Bonchev–Trinajstić information content (AvgIpc) is 3.21. The highest BCUT2D eigenvalue weighted by atomic mass is 35.5. The third-order valence-electron chi connectivity index (χ3n) is 7.37. The molecule has 0 amide bonds. The zero-order valence-corrected chi connectivity index (χ0v) is 20.8. The molecule has 0 saturated carbocycles. The first kappa shape index (κ1) is 23.4. The molecular formula is C27H33ClN4O2. The molecule has 0 spiro atoms. The molecule has 0 aliphatic carbocycles. The third-order valence-corrected chi connectivity index (χ3v) is 7.61. The summed E-state index contributed by atoms with van der Waals surface area (Å²) in [6.07, 6.45) is 2.48. The highest BCUT2D eigenvalue weighted by Gasteiger charge is 2.48. The second-order valence-corrected chi connectivity index (χ2v) is 10.2. The van der Waals surface area contributed by atoms with Gasteiger partial charge in [-0.25, -0.2) is 0 Å². The van der Waals surface area contributed by atoms with Gasteiger partial charge in [-0.15, -0.1) is 0 Å².